The Bertz CT molecular complexity index is 1010. The molecule has 1 amide bonds. The molecule has 150 valence electrons. The summed E-state index contributed by atoms with van der Waals surface area (Å²) in [5.41, 5.74) is 3.27. The van der Waals surface area contributed by atoms with Gasteiger partial charge < -0.3 is 10.1 Å². The van der Waals surface area contributed by atoms with Crippen LogP contribution in [0.25, 0.3) is 0 Å². The number of aromatic nitrogens is 1. The molecule has 5 nitrogen and oxygen atoms in total. The number of carbonyl (C=O) groups is 2. The van der Waals surface area contributed by atoms with Gasteiger partial charge in [0.1, 0.15) is 0 Å². The molecular weight excluding hydrogens is 475 g/mol. The zero-order valence-corrected chi connectivity index (χ0v) is 18.6. The van der Waals surface area contributed by atoms with Crippen LogP contribution in [-0.4, -0.2) is 23.5 Å². The van der Waals surface area contributed by atoms with Crippen LogP contribution < -0.4 is 5.32 Å². The number of thiazole rings is 1. The monoisotopic (exact) mass is 486 g/mol. The third-order valence-electron chi connectivity index (χ3n) is 3.57. The molecule has 0 radical (unpaired) electrons. The Labute approximate surface area is 190 Å². The highest BCUT2D eigenvalue weighted by molar-refractivity contribution is 7.98. The fourth-order valence-corrected chi connectivity index (χ4v) is 4.79. The molecule has 3 aromatic rings. The van der Waals surface area contributed by atoms with Gasteiger partial charge in [-0.15, -0.1) is 23.1 Å². The van der Waals surface area contributed by atoms with Crippen LogP contribution in [0.1, 0.15) is 16.1 Å². The number of esters is 1. The minimum absolute atomic E-state index is 0.186. The van der Waals surface area contributed by atoms with Gasteiger partial charge in [0.15, 0.2) is 6.61 Å². The number of rotatable bonds is 7. The Balaban J connectivity index is 1.60. The van der Waals surface area contributed by atoms with Crippen molar-refractivity contribution in [1.82, 2.24) is 4.98 Å². The first-order chi connectivity index (χ1) is 13.9. The van der Waals surface area contributed by atoms with Crippen molar-refractivity contribution in [3.63, 3.8) is 0 Å². The molecule has 0 unspecified atom stereocenters. The predicted molar refractivity (Wildman–Crippen MR) is 119 cm³/mol. The molecule has 3 rings (SSSR count). The zero-order chi connectivity index (χ0) is 20.8. The number of ether oxygens (including phenoxy) is 1. The summed E-state index contributed by atoms with van der Waals surface area (Å²) < 4.78 is 5.15. The van der Waals surface area contributed by atoms with E-state index in [9.17, 15) is 9.59 Å². The summed E-state index contributed by atoms with van der Waals surface area (Å²) in [6.07, 6.45) is 0. The highest BCUT2D eigenvalue weighted by Gasteiger charge is 2.16. The van der Waals surface area contributed by atoms with Crippen LogP contribution in [0.4, 0.5) is 5.69 Å². The van der Waals surface area contributed by atoms with E-state index in [1.807, 2.05) is 17.5 Å². The van der Waals surface area contributed by atoms with Gasteiger partial charge in [-0.05, 0) is 24.3 Å². The minimum atomic E-state index is -0.602. The van der Waals surface area contributed by atoms with E-state index in [2.05, 4.69) is 10.3 Å². The van der Waals surface area contributed by atoms with E-state index in [0.29, 0.717) is 16.3 Å². The molecule has 1 aromatic heterocycles. The average molecular weight is 488 g/mol. The van der Waals surface area contributed by atoms with Gasteiger partial charge in [-0.25, -0.2) is 9.78 Å². The SMILES string of the molecule is O=C(COC(=O)c1ccccc1SCc1cscn1)Nc1c(Cl)cc(Cl)cc1Cl. The van der Waals surface area contributed by atoms with Crippen LogP contribution in [-0.2, 0) is 15.3 Å². The second-order valence-corrected chi connectivity index (χ2v) is 8.62. The summed E-state index contributed by atoms with van der Waals surface area (Å²) >= 11 is 20.9. The van der Waals surface area contributed by atoms with Gasteiger partial charge in [-0.2, -0.15) is 0 Å². The van der Waals surface area contributed by atoms with Crippen molar-refractivity contribution in [2.24, 2.45) is 0 Å². The maximum absolute atomic E-state index is 12.5. The van der Waals surface area contributed by atoms with Crippen molar-refractivity contribution in [1.29, 1.82) is 0 Å². The fraction of sp³-hybridized carbons (Fsp3) is 0.105. The van der Waals surface area contributed by atoms with Gasteiger partial charge in [-0.1, -0.05) is 46.9 Å². The molecule has 0 atom stereocenters. The largest absolute Gasteiger partial charge is 0.452 e. The lowest BCUT2D eigenvalue weighted by atomic mass is 10.2. The van der Waals surface area contributed by atoms with Crippen molar-refractivity contribution in [2.45, 2.75) is 10.6 Å². The Morgan fingerprint density at radius 2 is 1.86 bits per heavy atom. The molecule has 0 saturated carbocycles. The summed E-state index contributed by atoms with van der Waals surface area (Å²) in [6, 6.07) is 9.94. The number of benzene rings is 2. The van der Waals surface area contributed by atoms with Crippen LogP contribution in [0.5, 0.6) is 0 Å². The molecule has 0 aliphatic carbocycles. The zero-order valence-electron chi connectivity index (χ0n) is 14.7. The molecular formula is C19H13Cl3N2O3S2. The van der Waals surface area contributed by atoms with Gasteiger partial charge in [0.2, 0.25) is 0 Å². The topological polar surface area (TPSA) is 68.3 Å². The minimum Gasteiger partial charge on any atom is -0.452 e. The quantitative estimate of drug-likeness (QED) is 0.318. The van der Waals surface area contributed by atoms with Gasteiger partial charge in [0.25, 0.3) is 5.91 Å². The number of hydrogen-bond donors (Lipinski definition) is 1. The number of halogens is 3. The molecule has 0 bridgehead atoms. The number of carbonyl (C=O) groups excluding carboxylic acids is 2. The van der Waals surface area contributed by atoms with Crippen molar-refractivity contribution in [3.05, 3.63) is 73.6 Å². The van der Waals surface area contributed by atoms with E-state index in [4.69, 9.17) is 39.5 Å². The van der Waals surface area contributed by atoms with Crippen LogP contribution in [0, 0.1) is 0 Å². The fourth-order valence-electron chi connectivity index (χ4n) is 2.27. The smallest absolute Gasteiger partial charge is 0.339 e. The highest BCUT2D eigenvalue weighted by atomic mass is 35.5. The number of hydrogen-bond acceptors (Lipinski definition) is 6. The molecule has 0 saturated heterocycles. The first kappa shape index (κ1) is 21.9. The van der Waals surface area contributed by atoms with Crippen molar-refractivity contribution in [3.8, 4) is 0 Å². The average Bonchev–Trinajstić information content (AvgIpc) is 3.21. The number of nitrogens with zero attached hydrogens (tertiary/aromatic N) is 1. The highest BCUT2D eigenvalue weighted by Crippen LogP contribution is 2.33. The summed E-state index contributed by atoms with van der Waals surface area (Å²) in [5.74, 6) is -0.547. The first-order valence-corrected chi connectivity index (χ1v) is 11.2. The van der Waals surface area contributed by atoms with Crippen LogP contribution >= 0.6 is 57.9 Å². The Hall–Kier alpha value is -1.77. The van der Waals surface area contributed by atoms with Gasteiger partial charge in [0, 0.05) is 21.1 Å². The molecule has 0 spiro atoms. The number of nitrogens with one attached hydrogen (secondary N) is 1. The molecule has 2 aromatic carbocycles. The lowest BCUT2D eigenvalue weighted by Gasteiger charge is -2.11. The second kappa shape index (κ2) is 10.3. The molecule has 0 aliphatic rings. The van der Waals surface area contributed by atoms with Crippen molar-refractivity contribution >= 4 is 75.5 Å². The van der Waals surface area contributed by atoms with E-state index in [0.717, 1.165) is 10.6 Å². The number of thioether (sulfide) groups is 1. The van der Waals surface area contributed by atoms with E-state index in [1.165, 1.54) is 35.2 Å². The Kier molecular flexibility index (Phi) is 7.80. The predicted octanol–water partition coefficient (Wildman–Crippen LogP) is 6.19. The molecule has 1 heterocycles. The standard InChI is InChI=1S/C19H13Cl3N2O3S2/c20-11-5-14(21)18(15(22)6-11)24-17(25)7-27-19(26)13-3-1-2-4-16(13)29-9-12-8-28-10-23-12/h1-6,8,10H,7,9H2,(H,24,25). The summed E-state index contributed by atoms with van der Waals surface area (Å²) in [5, 5.41) is 5.19. The summed E-state index contributed by atoms with van der Waals surface area (Å²) in [4.78, 5) is 29.6. The lowest BCUT2D eigenvalue weighted by Crippen LogP contribution is -2.21. The number of amides is 1. The third-order valence-corrected chi connectivity index (χ3v) is 6.13. The molecule has 10 heteroatoms. The van der Waals surface area contributed by atoms with E-state index < -0.39 is 18.5 Å². The van der Waals surface area contributed by atoms with E-state index in [-0.39, 0.29) is 15.7 Å². The summed E-state index contributed by atoms with van der Waals surface area (Å²) in [7, 11) is 0. The molecule has 29 heavy (non-hydrogen) atoms. The van der Waals surface area contributed by atoms with Crippen molar-refractivity contribution in [2.75, 3.05) is 11.9 Å². The van der Waals surface area contributed by atoms with Gasteiger partial charge in [-0.3, -0.25) is 4.79 Å². The lowest BCUT2D eigenvalue weighted by molar-refractivity contribution is -0.119. The van der Waals surface area contributed by atoms with Crippen LogP contribution in [0.3, 0.4) is 0 Å². The van der Waals surface area contributed by atoms with E-state index >= 15 is 0 Å². The van der Waals surface area contributed by atoms with Gasteiger partial charge in [0.05, 0.1) is 32.5 Å². The second-order valence-electron chi connectivity index (χ2n) is 5.63. The van der Waals surface area contributed by atoms with Crippen molar-refractivity contribution < 1.29 is 14.3 Å². The van der Waals surface area contributed by atoms with E-state index in [1.54, 1.807) is 17.6 Å². The Morgan fingerprint density at radius 1 is 1.14 bits per heavy atom. The molecule has 1 N–H and O–H groups in total. The van der Waals surface area contributed by atoms with Gasteiger partial charge >= 0.3 is 5.97 Å². The first-order valence-electron chi connectivity index (χ1n) is 8.14. The number of anilines is 1. The molecule has 0 aliphatic heterocycles. The van der Waals surface area contributed by atoms with Crippen LogP contribution in [0.15, 0.2) is 52.2 Å². The maximum atomic E-state index is 12.5. The third kappa shape index (κ3) is 6.10. The normalized spacial score (nSPS) is 10.6. The maximum Gasteiger partial charge on any atom is 0.339 e. The summed E-state index contributed by atoms with van der Waals surface area (Å²) in [6.45, 7) is -0.487. The van der Waals surface area contributed by atoms with Crippen LogP contribution in [0.2, 0.25) is 15.1 Å². The Morgan fingerprint density at radius 3 is 2.55 bits per heavy atom. The molecule has 0 fully saturated rings.